The molecule has 0 amide bonds. The maximum Gasteiger partial charge on any atom is 0.416 e. The number of nitrogens with one attached hydrogen (secondary N) is 1. The molecule has 1 atom stereocenters. The van der Waals surface area contributed by atoms with Crippen molar-refractivity contribution in [2.45, 2.75) is 25.1 Å². The minimum absolute atomic E-state index is 0.0261. The van der Waals surface area contributed by atoms with Crippen LogP contribution < -0.4 is 5.32 Å². The number of alkyl halides is 3. The van der Waals surface area contributed by atoms with Gasteiger partial charge in [0.05, 0.1) is 10.6 Å². The molecule has 1 fully saturated rings. The normalized spacial score (nSPS) is 16.8. The maximum atomic E-state index is 13.0. The Morgan fingerprint density at radius 2 is 2.00 bits per heavy atom. The Labute approximate surface area is 187 Å². The number of likely N-dealkylation sites (N-methyl/N-ethyl adjacent to an activating group) is 1. The van der Waals surface area contributed by atoms with Gasteiger partial charge in [-0.15, -0.1) is 10.2 Å². The van der Waals surface area contributed by atoms with Crippen LogP contribution in [0.4, 0.5) is 19.0 Å². The molecular weight excluding hydrogens is 447 g/mol. The van der Waals surface area contributed by atoms with Crippen molar-refractivity contribution in [1.82, 2.24) is 20.1 Å². The van der Waals surface area contributed by atoms with Crippen LogP contribution in [-0.2, 0) is 11.0 Å². The predicted molar refractivity (Wildman–Crippen MR) is 116 cm³/mol. The van der Waals surface area contributed by atoms with E-state index in [1.165, 1.54) is 6.07 Å². The second-order valence-corrected chi connectivity index (χ2v) is 7.77. The predicted octanol–water partition coefficient (Wildman–Crippen LogP) is 4.57. The SMILES string of the molecule is CN1CCC[C@@H](Nc2nnc(-c3ccc(C(F)(F)F)cc3Cl)c3ccncc23)C1.O=CO. The summed E-state index contributed by atoms with van der Waals surface area (Å²) in [5.74, 6) is 0.611. The Morgan fingerprint density at radius 1 is 1.25 bits per heavy atom. The minimum atomic E-state index is -4.46. The van der Waals surface area contributed by atoms with E-state index >= 15 is 0 Å². The highest BCUT2D eigenvalue weighted by Gasteiger charge is 2.31. The van der Waals surface area contributed by atoms with Gasteiger partial charge < -0.3 is 15.3 Å². The largest absolute Gasteiger partial charge is 0.483 e. The molecule has 0 unspecified atom stereocenters. The molecule has 0 bridgehead atoms. The first kappa shape index (κ1) is 23.7. The average Bonchev–Trinajstić information content (AvgIpc) is 2.74. The van der Waals surface area contributed by atoms with Crippen LogP contribution in [-0.4, -0.2) is 57.8 Å². The van der Waals surface area contributed by atoms with Gasteiger partial charge in [-0.1, -0.05) is 17.7 Å². The van der Waals surface area contributed by atoms with E-state index in [1.807, 2.05) is 0 Å². The molecular formula is C21H21ClF3N5O2. The van der Waals surface area contributed by atoms with Crippen LogP contribution >= 0.6 is 11.6 Å². The van der Waals surface area contributed by atoms with Gasteiger partial charge in [-0.25, -0.2) is 0 Å². The van der Waals surface area contributed by atoms with Gasteiger partial charge in [0.1, 0.15) is 5.69 Å². The van der Waals surface area contributed by atoms with E-state index in [9.17, 15) is 13.2 Å². The lowest BCUT2D eigenvalue weighted by Gasteiger charge is -2.30. The maximum absolute atomic E-state index is 13.0. The van der Waals surface area contributed by atoms with E-state index in [0.717, 1.165) is 48.8 Å². The van der Waals surface area contributed by atoms with Crippen LogP contribution in [0.2, 0.25) is 5.02 Å². The number of benzene rings is 1. The van der Waals surface area contributed by atoms with E-state index < -0.39 is 11.7 Å². The highest BCUT2D eigenvalue weighted by atomic mass is 35.5. The van der Waals surface area contributed by atoms with Gasteiger partial charge in [-0.2, -0.15) is 13.2 Å². The summed E-state index contributed by atoms with van der Waals surface area (Å²) < 4.78 is 38.9. The fourth-order valence-corrected chi connectivity index (χ4v) is 3.93. The van der Waals surface area contributed by atoms with Crippen LogP contribution in [0.25, 0.3) is 22.0 Å². The molecule has 3 heterocycles. The first-order valence-corrected chi connectivity index (χ1v) is 10.1. The van der Waals surface area contributed by atoms with Crippen molar-refractivity contribution in [2.24, 2.45) is 0 Å². The third kappa shape index (κ3) is 5.43. The number of likely N-dealkylation sites (tertiary alicyclic amines) is 1. The lowest BCUT2D eigenvalue weighted by atomic mass is 10.0. The number of aromatic nitrogens is 3. The molecule has 0 saturated carbocycles. The Kier molecular flexibility index (Phi) is 7.47. The molecule has 32 heavy (non-hydrogen) atoms. The Balaban J connectivity index is 0.000000913. The van der Waals surface area contributed by atoms with Crippen molar-refractivity contribution in [2.75, 3.05) is 25.5 Å². The summed E-state index contributed by atoms with van der Waals surface area (Å²) in [5, 5.41) is 20.4. The molecule has 1 aliphatic rings. The van der Waals surface area contributed by atoms with Crippen molar-refractivity contribution in [1.29, 1.82) is 0 Å². The third-order valence-electron chi connectivity index (χ3n) is 5.10. The smallest absolute Gasteiger partial charge is 0.416 e. The Hall–Kier alpha value is -2.98. The number of carbonyl (C=O) groups is 1. The van der Waals surface area contributed by atoms with E-state index in [-0.39, 0.29) is 17.5 Å². The summed E-state index contributed by atoms with van der Waals surface area (Å²) in [4.78, 5) is 14.8. The molecule has 1 aromatic carbocycles. The van der Waals surface area contributed by atoms with Crippen molar-refractivity contribution in [3.63, 3.8) is 0 Å². The number of pyridine rings is 1. The Bertz CT molecular complexity index is 1100. The molecule has 0 radical (unpaired) electrons. The molecule has 3 aromatic rings. The number of hydrogen-bond acceptors (Lipinski definition) is 6. The van der Waals surface area contributed by atoms with Gasteiger partial charge in [-0.3, -0.25) is 9.78 Å². The zero-order chi connectivity index (χ0) is 23.3. The summed E-state index contributed by atoms with van der Waals surface area (Å²) in [6.07, 6.45) is 0.960. The quantitative estimate of drug-likeness (QED) is 0.545. The van der Waals surface area contributed by atoms with Crippen molar-refractivity contribution < 1.29 is 23.1 Å². The summed E-state index contributed by atoms with van der Waals surface area (Å²) in [6, 6.07) is 5.26. The number of hydrogen-bond donors (Lipinski definition) is 2. The lowest BCUT2D eigenvalue weighted by molar-refractivity contribution is -0.137. The van der Waals surface area contributed by atoms with E-state index in [1.54, 1.807) is 18.5 Å². The van der Waals surface area contributed by atoms with E-state index in [2.05, 4.69) is 32.4 Å². The standard InChI is InChI=1S/C20H19ClF3N5.CH2O2/c1-29-8-2-3-13(11-29)26-19-16-10-25-7-6-14(16)18(27-28-19)15-5-4-12(9-17(15)21)20(22,23)24;2-1-3/h4-7,9-10,13H,2-3,8,11H2,1H3,(H,26,28);1H,(H,2,3)/t13-;/m1./s1. The lowest BCUT2D eigenvalue weighted by Crippen LogP contribution is -2.40. The second kappa shape index (κ2) is 10.1. The van der Waals surface area contributed by atoms with Crippen molar-refractivity contribution in [3.05, 3.63) is 47.2 Å². The highest BCUT2D eigenvalue weighted by molar-refractivity contribution is 6.33. The number of fused-ring (bicyclic) bond motifs is 1. The van der Waals surface area contributed by atoms with Crippen LogP contribution in [0.1, 0.15) is 18.4 Å². The zero-order valence-electron chi connectivity index (χ0n) is 17.1. The monoisotopic (exact) mass is 467 g/mol. The third-order valence-corrected chi connectivity index (χ3v) is 5.41. The molecule has 4 rings (SSSR count). The van der Waals surface area contributed by atoms with Crippen LogP contribution in [0, 0.1) is 0 Å². The molecule has 0 aliphatic carbocycles. The van der Waals surface area contributed by atoms with Gasteiger partial charge in [0, 0.05) is 41.3 Å². The summed E-state index contributed by atoms with van der Waals surface area (Å²) >= 11 is 6.18. The zero-order valence-corrected chi connectivity index (χ0v) is 17.9. The number of anilines is 1. The average molecular weight is 468 g/mol. The highest BCUT2D eigenvalue weighted by Crippen LogP contribution is 2.37. The Morgan fingerprint density at radius 3 is 2.66 bits per heavy atom. The van der Waals surface area contributed by atoms with Crippen molar-refractivity contribution >= 4 is 34.7 Å². The molecule has 7 nitrogen and oxygen atoms in total. The first-order chi connectivity index (χ1) is 15.2. The number of piperidine rings is 1. The van der Waals surface area contributed by atoms with Gasteiger partial charge in [0.25, 0.3) is 6.47 Å². The summed E-state index contributed by atoms with van der Waals surface area (Å²) in [5.41, 5.74) is 0.0182. The molecule has 2 aromatic heterocycles. The van der Waals surface area contributed by atoms with Gasteiger partial charge in [0.15, 0.2) is 5.82 Å². The second-order valence-electron chi connectivity index (χ2n) is 7.36. The molecule has 11 heteroatoms. The topological polar surface area (TPSA) is 91.2 Å². The fourth-order valence-electron chi connectivity index (χ4n) is 3.66. The van der Waals surface area contributed by atoms with Crippen molar-refractivity contribution in [3.8, 4) is 11.3 Å². The molecule has 1 saturated heterocycles. The molecule has 2 N–H and O–H groups in total. The number of carboxylic acid groups (broad SMARTS) is 1. The summed E-state index contributed by atoms with van der Waals surface area (Å²) in [7, 11) is 2.08. The number of nitrogens with zero attached hydrogens (tertiary/aromatic N) is 4. The van der Waals surface area contributed by atoms with Gasteiger partial charge in [-0.05, 0) is 44.6 Å². The minimum Gasteiger partial charge on any atom is -0.483 e. The molecule has 0 spiro atoms. The van der Waals surface area contributed by atoms with E-state index in [0.29, 0.717) is 17.1 Å². The molecule has 170 valence electrons. The first-order valence-electron chi connectivity index (χ1n) is 9.75. The fraction of sp³-hybridized carbons (Fsp3) is 0.333. The van der Waals surface area contributed by atoms with E-state index in [4.69, 9.17) is 21.5 Å². The summed E-state index contributed by atoms with van der Waals surface area (Å²) in [6.45, 7) is 1.72. The van der Waals surface area contributed by atoms with Crippen LogP contribution in [0.5, 0.6) is 0 Å². The van der Waals surface area contributed by atoms with Crippen LogP contribution in [0.15, 0.2) is 36.7 Å². The number of halogens is 4. The number of rotatable bonds is 3. The van der Waals surface area contributed by atoms with Gasteiger partial charge >= 0.3 is 6.18 Å². The van der Waals surface area contributed by atoms with Gasteiger partial charge in [0.2, 0.25) is 0 Å². The molecule has 1 aliphatic heterocycles. The van der Waals surface area contributed by atoms with Crippen LogP contribution in [0.3, 0.4) is 0 Å².